The molecule has 1 aromatic carbocycles. The summed E-state index contributed by atoms with van der Waals surface area (Å²) in [5.74, 6) is 0.228. The molecule has 3 nitrogen and oxygen atoms in total. The number of carbonyl (C=O) groups is 1. The summed E-state index contributed by atoms with van der Waals surface area (Å²) in [5.41, 5.74) is 2.35. The standard InChI is InChI=1S/C15H21NO2/c1-12(17)6-4-5-11-16-14-8-3-2-7-13(14)9-10-15(16)18/h2-3,7-8,12,17H,4-6,9-11H2,1H3. The Kier molecular flexibility index (Phi) is 4.37. The lowest BCUT2D eigenvalue weighted by Gasteiger charge is -2.29. The zero-order chi connectivity index (χ0) is 13.0. The number of benzene rings is 1. The average molecular weight is 247 g/mol. The van der Waals surface area contributed by atoms with Crippen molar-refractivity contribution in [3.63, 3.8) is 0 Å². The summed E-state index contributed by atoms with van der Waals surface area (Å²) in [6.07, 6.45) is 3.96. The van der Waals surface area contributed by atoms with Crippen LogP contribution >= 0.6 is 0 Å². The minimum absolute atomic E-state index is 0.228. The van der Waals surface area contributed by atoms with Crippen molar-refractivity contribution in [2.24, 2.45) is 0 Å². The van der Waals surface area contributed by atoms with E-state index in [1.54, 1.807) is 6.92 Å². The summed E-state index contributed by atoms with van der Waals surface area (Å²) in [7, 11) is 0. The van der Waals surface area contributed by atoms with Gasteiger partial charge in [-0.05, 0) is 44.2 Å². The van der Waals surface area contributed by atoms with E-state index in [4.69, 9.17) is 0 Å². The van der Waals surface area contributed by atoms with Crippen LogP contribution in [0.3, 0.4) is 0 Å². The molecule has 0 spiro atoms. The number of para-hydroxylation sites is 1. The highest BCUT2D eigenvalue weighted by molar-refractivity contribution is 5.96. The lowest BCUT2D eigenvalue weighted by atomic mass is 10.0. The number of aryl methyl sites for hydroxylation is 1. The van der Waals surface area contributed by atoms with Crippen LogP contribution in [0.2, 0.25) is 0 Å². The molecular formula is C15H21NO2. The van der Waals surface area contributed by atoms with E-state index in [2.05, 4.69) is 6.07 Å². The van der Waals surface area contributed by atoms with E-state index in [9.17, 15) is 9.90 Å². The van der Waals surface area contributed by atoms with Gasteiger partial charge in [-0.1, -0.05) is 18.2 Å². The SMILES string of the molecule is CC(O)CCCCN1C(=O)CCc2ccccc21. The molecule has 0 saturated heterocycles. The third-order valence-electron chi connectivity index (χ3n) is 3.45. The van der Waals surface area contributed by atoms with Gasteiger partial charge in [0.1, 0.15) is 0 Å². The lowest BCUT2D eigenvalue weighted by molar-refractivity contribution is -0.118. The van der Waals surface area contributed by atoms with Crippen LogP contribution in [0, 0.1) is 0 Å². The van der Waals surface area contributed by atoms with Gasteiger partial charge in [0, 0.05) is 18.7 Å². The largest absolute Gasteiger partial charge is 0.393 e. The predicted octanol–water partition coefficient (Wildman–Crippen LogP) is 2.52. The fourth-order valence-electron chi connectivity index (χ4n) is 2.45. The maximum atomic E-state index is 12.0. The molecule has 0 fully saturated rings. The number of rotatable bonds is 5. The van der Waals surface area contributed by atoms with Gasteiger partial charge in [-0.2, -0.15) is 0 Å². The van der Waals surface area contributed by atoms with Crippen molar-refractivity contribution in [3.8, 4) is 0 Å². The van der Waals surface area contributed by atoms with Crippen molar-refractivity contribution in [3.05, 3.63) is 29.8 Å². The zero-order valence-corrected chi connectivity index (χ0v) is 10.9. The second-order valence-corrected chi connectivity index (χ2v) is 5.02. The van der Waals surface area contributed by atoms with Crippen LogP contribution in [0.25, 0.3) is 0 Å². The molecule has 18 heavy (non-hydrogen) atoms. The van der Waals surface area contributed by atoms with Crippen LogP contribution in [-0.2, 0) is 11.2 Å². The number of unbranched alkanes of at least 4 members (excludes halogenated alkanes) is 1. The Labute approximate surface area is 108 Å². The number of amides is 1. The molecule has 1 unspecified atom stereocenters. The molecule has 1 heterocycles. The fourth-order valence-corrected chi connectivity index (χ4v) is 2.45. The number of nitrogens with zero attached hydrogens (tertiary/aromatic N) is 1. The van der Waals surface area contributed by atoms with Gasteiger partial charge in [0.05, 0.1) is 6.10 Å². The highest BCUT2D eigenvalue weighted by Crippen LogP contribution is 2.27. The smallest absolute Gasteiger partial charge is 0.227 e. The molecule has 1 aliphatic rings. The van der Waals surface area contributed by atoms with Gasteiger partial charge in [-0.15, -0.1) is 0 Å². The molecule has 0 aliphatic carbocycles. The first-order chi connectivity index (χ1) is 8.68. The van der Waals surface area contributed by atoms with Crippen LogP contribution < -0.4 is 4.90 Å². The lowest BCUT2D eigenvalue weighted by Crippen LogP contribution is -2.35. The monoisotopic (exact) mass is 247 g/mol. The van der Waals surface area contributed by atoms with Gasteiger partial charge in [0.25, 0.3) is 0 Å². The van der Waals surface area contributed by atoms with Gasteiger partial charge in [-0.25, -0.2) is 0 Å². The van der Waals surface area contributed by atoms with Crippen molar-refractivity contribution in [2.75, 3.05) is 11.4 Å². The number of carbonyl (C=O) groups excluding carboxylic acids is 1. The minimum atomic E-state index is -0.241. The number of aliphatic hydroxyl groups excluding tert-OH is 1. The number of anilines is 1. The molecule has 2 rings (SSSR count). The van der Waals surface area contributed by atoms with Crippen molar-refractivity contribution in [1.82, 2.24) is 0 Å². The molecule has 0 saturated carbocycles. The number of aliphatic hydroxyl groups is 1. The number of hydrogen-bond donors (Lipinski definition) is 1. The Morgan fingerprint density at radius 2 is 2.06 bits per heavy atom. The molecule has 98 valence electrons. The second kappa shape index (κ2) is 6.01. The summed E-state index contributed by atoms with van der Waals surface area (Å²) < 4.78 is 0. The molecule has 0 aromatic heterocycles. The summed E-state index contributed by atoms with van der Waals surface area (Å²) >= 11 is 0. The topological polar surface area (TPSA) is 40.5 Å². The highest BCUT2D eigenvalue weighted by Gasteiger charge is 2.22. The highest BCUT2D eigenvalue weighted by atomic mass is 16.3. The average Bonchev–Trinajstić information content (AvgIpc) is 2.36. The molecule has 1 aromatic rings. The minimum Gasteiger partial charge on any atom is -0.393 e. The zero-order valence-electron chi connectivity index (χ0n) is 10.9. The Hall–Kier alpha value is -1.35. The van der Waals surface area contributed by atoms with Crippen LogP contribution in [0.5, 0.6) is 0 Å². The fraction of sp³-hybridized carbons (Fsp3) is 0.533. The van der Waals surface area contributed by atoms with E-state index in [0.717, 1.165) is 37.9 Å². The third-order valence-corrected chi connectivity index (χ3v) is 3.45. The van der Waals surface area contributed by atoms with Crippen LogP contribution in [0.15, 0.2) is 24.3 Å². The van der Waals surface area contributed by atoms with Crippen molar-refractivity contribution in [1.29, 1.82) is 0 Å². The Morgan fingerprint density at radius 1 is 1.28 bits per heavy atom. The van der Waals surface area contributed by atoms with Crippen LogP contribution in [-0.4, -0.2) is 23.7 Å². The summed E-state index contributed by atoms with van der Waals surface area (Å²) in [4.78, 5) is 13.9. The molecule has 0 radical (unpaired) electrons. The van der Waals surface area contributed by atoms with Crippen LogP contribution in [0.1, 0.15) is 38.2 Å². The molecule has 3 heteroatoms. The van der Waals surface area contributed by atoms with Crippen LogP contribution in [0.4, 0.5) is 5.69 Å². The number of hydrogen-bond acceptors (Lipinski definition) is 2. The van der Waals surface area contributed by atoms with Gasteiger partial charge in [0.2, 0.25) is 5.91 Å². The summed E-state index contributed by atoms with van der Waals surface area (Å²) in [5, 5.41) is 9.22. The van der Waals surface area contributed by atoms with Gasteiger partial charge in [-0.3, -0.25) is 4.79 Å². The Morgan fingerprint density at radius 3 is 2.83 bits per heavy atom. The second-order valence-electron chi connectivity index (χ2n) is 5.02. The Bertz CT molecular complexity index is 415. The first-order valence-corrected chi connectivity index (χ1v) is 6.75. The molecule has 1 amide bonds. The van der Waals surface area contributed by atoms with Crippen molar-refractivity contribution >= 4 is 11.6 Å². The van der Waals surface area contributed by atoms with Gasteiger partial charge in [0.15, 0.2) is 0 Å². The quantitative estimate of drug-likeness (QED) is 0.812. The summed E-state index contributed by atoms with van der Waals surface area (Å²) in [6.45, 7) is 2.57. The maximum absolute atomic E-state index is 12.0. The third kappa shape index (κ3) is 3.10. The van der Waals surface area contributed by atoms with E-state index in [1.807, 2.05) is 23.1 Å². The molecule has 1 N–H and O–H groups in total. The Balaban J connectivity index is 1.97. The molecular weight excluding hydrogens is 226 g/mol. The van der Waals surface area contributed by atoms with Crippen molar-refractivity contribution in [2.45, 2.75) is 45.1 Å². The molecule has 0 bridgehead atoms. The predicted molar refractivity (Wildman–Crippen MR) is 72.6 cm³/mol. The van der Waals surface area contributed by atoms with E-state index >= 15 is 0 Å². The molecule has 1 atom stereocenters. The first-order valence-electron chi connectivity index (χ1n) is 6.75. The van der Waals surface area contributed by atoms with E-state index < -0.39 is 0 Å². The summed E-state index contributed by atoms with van der Waals surface area (Å²) in [6, 6.07) is 8.14. The van der Waals surface area contributed by atoms with Gasteiger partial charge >= 0.3 is 0 Å². The van der Waals surface area contributed by atoms with Crippen molar-refractivity contribution < 1.29 is 9.90 Å². The van der Waals surface area contributed by atoms with E-state index in [-0.39, 0.29) is 12.0 Å². The first kappa shape index (κ1) is 13.1. The molecule has 1 aliphatic heterocycles. The van der Waals surface area contributed by atoms with Gasteiger partial charge < -0.3 is 10.0 Å². The van der Waals surface area contributed by atoms with E-state index in [1.165, 1.54) is 5.56 Å². The normalized spacial score (nSPS) is 16.6. The number of fused-ring (bicyclic) bond motifs is 1. The maximum Gasteiger partial charge on any atom is 0.227 e. The van der Waals surface area contributed by atoms with E-state index in [0.29, 0.717) is 6.42 Å².